The van der Waals surface area contributed by atoms with Crippen LogP contribution in [0.15, 0.2) is 18.2 Å². The van der Waals surface area contributed by atoms with Gasteiger partial charge in [-0.05, 0) is 38.0 Å². The van der Waals surface area contributed by atoms with Gasteiger partial charge in [0.25, 0.3) is 0 Å². The standard InChI is InChI=1S/C17H25N3O2/c1-11-6-5-7-15(13(11)3)20-10-14(8-16(20)21)17(22)19(4)12(2)9-18/h5-7,12,14H,8-10,18H2,1-4H3. The maximum atomic E-state index is 12.5. The number of rotatable bonds is 4. The van der Waals surface area contributed by atoms with Crippen LogP contribution in [0, 0.1) is 19.8 Å². The molecule has 0 saturated carbocycles. The van der Waals surface area contributed by atoms with Crippen LogP contribution in [-0.2, 0) is 9.59 Å². The summed E-state index contributed by atoms with van der Waals surface area (Å²) >= 11 is 0. The van der Waals surface area contributed by atoms with Crippen molar-refractivity contribution < 1.29 is 9.59 Å². The molecule has 1 fully saturated rings. The summed E-state index contributed by atoms with van der Waals surface area (Å²) in [6.45, 7) is 6.82. The second-order valence-corrected chi connectivity index (χ2v) is 6.16. The predicted octanol–water partition coefficient (Wildman–Crippen LogP) is 1.46. The Balaban J connectivity index is 2.17. The van der Waals surface area contributed by atoms with Gasteiger partial charge in [0.2, 0.25) is 11.8 Å². The SMILES string of the molecule is Cc1cccc(N2CC(C(=O)N(C)C(C)CN)CC2=O)c1C. The van der Waals surface area contributed by atoms with E-state index >= 15 is 0 Å². The Morgan fingerprint density at radius 2 is 2.14 bits per heavy atom. The van der Waals surface area contributed by atoms with E-state index in [-0.39, 0.29) is 30.2 Å². The zero-order valence-electron chi connectivity index (χ0n) is 13.8. The van der Waals surface area contributed by atoms with Crippen LogP contribution in [0.3, 0.4) is 0 Å². The molecule has 120 valence electrons. The van der Waals surface area contributed by atoms with Gasteiger partial charge in [-0.25, -0.2) is 0 Å². The van der Waals surface area contributed by atoms with Crippen molar-refractivity contribution in [1.82, 2.24) is 4.90 Å². The molecule has 1 heterocycles. The number of nitrogens with two attached hydrogens (primary N) is 1. The van der Waals surface area contributed by atoms with E-state index in [2.05, 4.69) is 0 Å². The summed E-state index contributed by atoms with van der Waals surface area (Å²) < 4.78 is 0. The quantitative estimate of drug-likeness (QED) is 0.916. The minimum Gasteiger partial charge on any atom is -0.341 e. The first-order chi connectivity index (χ1) is 10.4. The highest BCUT2D eigenvalue weighted by Crippen LogP contribution is 2.30. The summed E-state index contributed by atoms with van der Waals surface area (Å²) in [4.78, 5) is 28.3. The summed E-state index contributed by atoms with van der Waals surface area (Å²) in [5.74, 6) is -0.272. The van der Waals surface area contributed by atoms with Gasteiger partial charge in [-0.15, -0.1) is 0 Å². The number of amides is 2. The van der Waals surface area contributed by atoms with Gasteiger partial charge in [0.05, 0.1) is 5.92 Å². The van der Waals surface area contributed by atoms with Crippen molar-refractivity contribution in [3.05, 3.63) is 29.3 Å². The molecular formula is C17H25N3O2. The minimum absolute atomic E-state index is 0.000828. The molecule has 2 amide bonds. The molecule has 0 aliphatic carbocycles. The van der Waals surface area contributed by atoms with Gasteiger partial charge in [0, 0.05) is 38.3 Å². The van der Waals surface area contributed by atoms with Crippen LogP contribution >= 0.6 is 0 Å². The van der Waals surface area contributed by atoms with Gasteiger partial charge in [-0.2, -0.15) is 0 Å². The Morgan fingerprint density at radius 3 is 2.77 bits per heavy atom. The molecule has 0 spiro atoms. The average Bonchev–Trinajstić information content (AvgIpc) is 2.89. The Bertz CT molecular complexity index is 585. The van der Waals surface area contributed by atoms with Gasteiger partial charge < -0.3 is 15.5 Å². The Hall–Kier alpha value is -1.88. The zero-order chi connectivity index (χ0) is 16.4. The summed E-state index contributed by atoms with van der Waals surface area (Å²) in [6.07, 6.45) is 0.272. The van der Waals surface area contributed by atoms with E-state index in [1.165, 1.54) is 0 Å². The molecule has 1 aliphatic heterocycles. The van der Waals surface area contributed by atoms with E-state index in [1.807, 2.05) is 39.0 Å². The van der Waals surface area contributed by atoms with Crippen LogP contribution in [0.25, 0.3) is 0 Å². The number of anilines is 1. The number of hydrogen-bond donors (Lipinski definition) is 1. The van der Waals surface area contributed by atoms with Crippen molar-refractivity contribution in [3.63, 3.8) is 0 Å². The first-order valence-corrected chi connectivity index (χ1v) is 7.70. The van der Waals surface area contributed by atoms with Crippen LogP contribution in [0.5, 0.6) is 0 Å². The molecule has 0 aromatic heterocycles. The van der Waals surface area contributed by atoms with Crippen LogP contribution in [0.2, 0.25) is 0 Å². The number of aryl methyl sites for hydroxylation is 1. The zero-order valence-corrected chi connectivity index (χ0v) is 13.8. The van der Waals surface area contributed by atoms with Crippen molar-refractivity contribution in [2.24, 2.45) is 11.7 Å². The highest BCUT2D eigenvalue weighted by molar-refractivity contribution is 6.00. The fourth-order valence-electron chi connectivity index (χ4n) is 2.80. The van der Waals surface area contributed by atoms with E-state index in [0.717, 1.165) is 16.8 Å². The lowest BCUT2D eigenvalue weighted by Crippen LogP contribution is -2.43. The molecule has 5 heteroatoms. The number of hydrogen-bond acceptors (Lipinski definition) is 3. The third-order valence-electron chi connectivity index (χ3n) is 4.69. The lowest BCUT2D eigenvalue weighted by Gasteiger charge is -2.26. The number of carbonyl (C=O) groups is 2. The fraction of sp³-hybridized carbons (Fsp3) is 0.529. The smallest absolute Gasteiger partial charge is 0.228 e. The Labute approximate surface area is 132 Å². The minimum atomic E-state index is -0.286. The third kappa shape index (κ3) is 2.99. The monoisotopic (exact) mass is 303 g/mol. The van der Waals surface area contributed by atoms with E-state index in [1.54, 1.807) is 16.8 Å². The number of carbonyl (C=O) groups excluding carboxylic acids is 2. The molecule has 1 saturated heterocycles. The van der Waals surface area contributed by atoms with Crippen LogP contribution in [0.1, 0.15) is 24.5 Å². The predicted molar refractivity (Wildman–Crippen MR) is 87.7 cm³/mol. The van der Waals surface area contributed by atoms with Crippen LogP contribution in [-0.4, -0.2) is 42.9 Å². The highest BCUT2D eigenvalue weighted by atomic mass is 16.2. The molecule has 2 rings (SSSR count). The topological polar surface area (TPSA) is 66.6 Å². The van der Waals surface area contributed by atoms with Gasteiger partial charge in [0.15, 0.2) is 0 Å². The van der Waals surface area contributed by atoms with Gasteiger partial charge in [-0.3, -0.25) is 9.59 Å². The number of benzene rings is 1. The van der Waals surface area contributed by atoms with Gasteiger partial charge in [0.1, 0.15) is 0 Å². The molecule has 5 nitrogen and oxygen atoms in total. The summed E-state index contributed by atoms with van der Waals surface area (Å²) in [7, 11) is 1.75. The molecule has 0 bridgehead atoms. The second kappa shape index (κ2) is 6.48. The molecule has 1 aliphatic rings. The van der Waals surface area contributed by atoms with E-state index in [0.29, 0.717) is 13.1 Å². The van der Waals surface area contributed by atoms with E-state index in [9.17, 15) is 9.59 Å². The average molecular weight is 303 g/mol. The van der Waals surface area contributed by atoms with Crippen molar-refractivity contribution in [3.8, 4) is 0 Å². The Morgan fingerprint density at radius 1 is 1.45 bits per heavy atom. The second-order valence-electron chi connectivity index (χ2n) is 6.16. The molecule has 2 unspecified atom stereocenters. The highest BCUT2D eigenvalue weighted by Gasteiger charge is 2.37. The summed E-state index contributed by atoms with van der Waals surface area (Å²) in [6, 6.07) is 5.90. The maximum absolute atomic E-state index is 12.5. The molecular weight excluding hydrogens is 278 g/mol. The van der Waals surface area contributed by atoms with Crippen LogP contribution in [0.4, 0.5) is 5.69 Å². The Kier molecular flexibility index (Phi) is 4.86. The molecule has 2 atom stereocenters. The first kappa shape index (κ1) is 16.5. The molecule has 22 heavy (non-hydrogen) atoms. The summed E-state index contributed by atoms with van der Waals surface area (Å²) in [5, 5.41) is 0. The lowest BCUT2D eigenvalue weighted by molar-refractivity contribution is -0.136. The molecule has 0 radical (unpaired) electrons. The van der Waals surface area contributed by atoms with E-state index in [4.69, 9.17) is 5.73 Å². The first-order valence-electron chi connectivity index (χ1n) is 7.70. The fourth-order valence-corrected chi connectivity index (χ4v) is 2.80. The largest absolute Gasteiger partial charge is 0.341 e. The van der Waals surface area contributed by atoms with Crippen molar-refractivity contribution in [1.29, 1.82) is 0 Å². The third-order valence-corrected chi connectivity index (χ3v) is 4.69. The van der Waals surface area contributed by atoms with Gasteiger partial charge >= 0.3 is 0 Å². The summed E-state index contributed by atoms with van der Waals surface area (Å²) in [5.41, 5.74) is 8.77. The molecule has 1 aromatic rings. The van der Waals surface area contributed by atoms with E-state index < -0.39 is 0 Å². The lowest BCUT2D eigenvalue weighted by atomic mass is 10.1. The van der Waals surface area contributed by atoms with Crippen molar-refractivity contribution >= 4 is 17.5 Å². The van der Waals surface area contributed by atoms with Crippen molar-refractivity contribution in [2.45, 2.75) is 33.2 Å². The number of likely N-dealkylation sites (N-methyl/N-ethyl adjacent to an activating group) is 1. The number of nitrogens with zero attached hydrogens (tertiary/aromatic N) is 2. The normalized spacial score (nSPS) is 19.4. The van der Waals surface area contributed by atoms with Gasteiger partial charge in [-0.1, -0.05) is 12.1 Å². The molecule has 2 N–H and O–H groups in total. The van der Waals surface area contributed by atoms with Crippen molar-refractivity contribution in [2.75, 3.05) is 25.0 Å². The maximum Gasteiger partial charge on any atom is 0.228 e. The van der Waals surface area contributed by atoms with Crippen LogP contribution < -0.4 is 10.6 Å². The molecule has 1 aromatic carbocycles.